The van der Waals surface area contributed by atoms with Gasteiger partial charge < -0.3 is 9.84 Å². The fourth-order valence-electron chi connectivity index (χ4n) is 3.29. The van der Waals surface area contributed by atoms with E-state index in [2.05, 4.69) is 10.5 Å². The highest BCUT2D eigenvalue weighted by atomic mass is 16.5. The minimum Gasteiger partial charge on any atom is -0.361 e. The molecule has 0 spiro atoms. The van der Waals surface area contributed by atoms with Gasteiger partial charge in [-0.25, -0.2) is 0 Å². The lowest BCUT2D eigenvalue weighted by Gasteiger charge is -2.43. The highest BCUT2D eigenvalue weighted by Crippen LogP contribution is 2.50. The minimum absolute atomic E-state index is 0.102. The van der Waals surface area contributed by atoms with Crippen molar-refractivity contribution in [2.75, 3.05) is 0 Å². The summed E-state index contributed by atoms with van der Waals surface area (Å²) in [5.74, 6) is 2.14. The van der Waals surface area contributed by atoms with Crippen molar-refractivity contribution in [3.63, 3.8) is 0 Å². The van der Waals surface area contributed by atoms with E-state index in [1.165, 1.54) is 32.1 Å². The van der Waals surface area contributed by atoms with Crippen molar-refractivity contribution in [3.05, 3.63) is 17.5 Å². The molecule has 1 amide bonds. The Labute approximate surface area is 112 Å². The predicted molar refractivity (Wildman–Crippen MR) is 69.6 cm³/mol. The second-order valence-corrected chi connectivity index (χ2v) is 6.50. The van der Waals surface area contributed by atoms with Crippen molar-refractivity contribution in [2.45, 2.75) is 62.8 Å². The van der Waals surface area contributed by atoms with Crippen LogP contribution in [0.25, 0.3) is 0 Å². The van der Waals surface area contributed by atoms with Gasteiger partial charge in [-0.3, -0.25) is 4.79 Å². The number of amides is 1. The van der Waals surface area contributed by atoms with Gasteiger partial charge in [-0.1, -0.05) is 5.16 Å². The number of carbonyl (C=O) groups is 1. The Morgan fingerprint density at radius 1 is 1.37 bits per heavy atom. The van der Waals surface area contributed by atoms with Crippen LogP contribution in [0.3, 0.4) is 0 Å². The topological polar surface area (TPSA) is 55.1 Å². The van der Waals surface area contributed by atoms with Gasteiger partial charge in [0.05, 0.1) is 12.1 Å². The summed E-state index contributed by atoms with van der Waals surface area (Å²) in [5.41, 5.74) is 1.17. The third-order valence-corrected chi connectivity index (χ3v) is 4.90. The van der Waals surface area contributed by atoms with E-state index in [-0.39, 0.29) is 11.4 Å². The first-order valence-corrected chi connectivity index (χ1v) is 7.52. The van der Waals surface area contributed by atoms with Crippen LogP contribution in [-0.2, 0) is 11.2 Å². The Hall–Kier alpha value is -1.32. The smallest absolute Gasteiger partial charge is 0.228 e. The molecular formula is C15H20N2O2. The standard InChI is InChI=1S/C15H20N2O2/c18-14(16-15(6-1-7-15)11-4-5-11)9-12-8-13(17-19-12)10-2-3-10/h8,10-11H,1-7,9H2,(H,16,18). The lowest BCUT2D eigenvalue weighted by molar-refractivity contribution is -0.124. The summed E-state index contributed by atoms with van der Waals surface area (Å²) in [4.78, 5) is 12.1. The summed E-state index contributed by atoms with van der Waals surface area (Å²) in [5, 5.41) is 7.32. The predicted octanol–water partition coefficient (Wildman–Crippen LogP) is 2.54. The summed E-state index contributed by atoms with van der Waals surface area (Å²) in [7, 11) is 0. The Balaban J connectivity index is 1.37. The largest absolute Gasteiger partial charge is 0.361 e. The molecule has 3 aliphatic carbocycles. The fraction of sp³-hybridized carbons (Fsp3) is 0.733. The van der Waals surface area contributed by atoms with Crippen molar-refractivity contribution in [1.82, 2.24) is 10.5 Å². The molecule has 19 heavy (non-hydrogen) atoms. The van der Waals surface area contributed by atoms with Crippen molar-refractivity contribution in [1.29, 1.82) is 0 Å². The van der Waals surface area contributed by atoms with E-state index in [1.54, 1.807) is 0 Å². The summed E-state index contributed by atoms with van der Waals surface area (Å²) < 4.78 is 5.27. The van der Waals surface area contributed by atoms with E-state index < -0.39 is 0 Å². The number of rotatable bonds is 5. The van der Waals surface area contributed by atoms with E-state index >= 15 is 0 Å². The van der Waals surface area contributed by atoms with E-state index in [9.17, 15) is 4.79 Å². The maximum Gasteiger partial charge on any atom is 0.228 e. The number of nitrogens with one attached hydrogen (secondary N) is 1. The first kappa shape index (κ1) is 11.5. The molecule has 4 nitrogen and oxygen atoms in total. The third-order valence-electron chi connectivity index (χ3n) is 4.90. The average Bonchev–Trinajstić information content (AvgIpc) is 3.23. The van der Waals surface area contributed by atoms with Crippen LogP contribution >= 0.6 is 0 Å². The van der Waals surface area contributed by atoms with Gasteiger partial charge in [0.25, 0.3) is 0 Å². The van der Waals surface area contributed by atoms with Crippen molar-refractivity contribution >= 4 is 5.91 Å². The molecule has 4 rings (SSSR count). The van der Waals surface area contributed by atoms with Crippen LogP contribution < -0.4 is 5.32 Å². The summed E-state index contributed by atoms with van der Waals surface area (Å²) in [6, 6.07) is 1.96. The Bertz CT molecular complexity index is 496. The highest BCUT2D eigenvalue weighted by molar-refractivity contribution is 5.79. The monoisotopic (exact) mass is 260 g/mol. The quantitative estimate of drug-likeness (QED) is 0.885. The van der Waals surface area contributed by atoms with E-state index in [0.29, 0.717) is 18.1 Å². The van der Waals surface area contributed by atoms with E-state index in [0.717, 1.165) is 24.5 Å². The zero-order valence-electron chi connectivity index (χ0n) is 11.2. The zero-order chi connectivity index (χ0) is 12.9. The van der Waals surface area contributed by atoms with Gasteiger partial charge in [0, 0.05) is 17.5 Å². The number of aromatic nitrogens is 1. The molecule has 0 bridgehead atoms. The van der Waals surface area contributed by atoms with Crippen LogP contribution in [0.1, 0.15) is 62.3 Å². The van der Waals surface area contributed by atoms with Gasteiger partial charge in [0.2, 0.25) is 5.91 Å². The third kappa shape index (κ3) is 2.17. The van der Waals surface area contributed by atoms with Crippen LogP contribution in [0.4, 0.5) is 0 Å². The normalized spacial score (nSPS) is 24.8. The lowest BCUT2D eigenvalue weighted by atomic mass is 9.73. The summed E-state index contributed by atoms with van der Waals surface area (Å²) in [6.07, 6.45) is 8.91. The van der Waals surface area contributed by atoms with E-state index in [1.807, 2.05) is 6.07 Å². The number of carbonyl (C=O) groups excluding carboxylic acids is 1. The SMILES string of the molecule is O=C(Cc1cc(C2CC2)no1)NC1(C2CC2)CCC1. The first-order valence-electron chi connectivity index (χ1n) is 7.52. The lowest BCUT2D eigenvalue weighted by Crippen LogP contribution is -2.55. The number of nitrogens with zero attached hydrogens (tertiary/aromatic N) is 1. The van der Waals surface area contributed by atoms with Gasteiger partial charge in [-0.2, -0.15) is 0 Å². The number of hydrogen-bond donors (Lipinski definition) is 1. The van der Waals surface area contributed by atoms with Gasteiger partial charge >= 0.3 is 0 Å². The highest BCUT2D eigenvalue weighted by Gasteiger charge is 2.49. The van der Waals surface area contributed by atoms with Gasteiger partial charge in [-0.05, 0) is 50.9 Å². The Morgan fingerprint density at radius 2 is 2.16 bits per heavy atom. The molecule has 0 atom stereocenters. The average molecular weight is 260 g/mol. The molecule has 1 heterocycles. The molecule has 1 aromatic rings. The second-order valence-electron chi connectivity index (χ2n) is 6.50. The molecule has 0 aromatic carbocycles. The molecule has 4 heteroatoms. The molecule has 3 saturated carbocycles. The first-order chi connectivity index (χ1) is 9.25. The van der Waals surface area contributed by atoms with Crippen molar-refractivity contribution in [3.8, 4) is 0 Å². The molecule has 3 aliphatic rings. The van der Waals surface area contributed by atoms with Gasteiger partial charge in [0.1, 0.15) is 5.76 Å². The van der Waals surface area contributed by atoms with Crippen molar-refractivity contribution in [2.24, 2.45) is 5.92 Å². The van der Waals surface area contributed by atoms with Crippen LogP contribution in [0.2, 0.25) is 0 Å². The Kier molecular flexibility index (Phi) is 2.47. The molecule has 1 aromatic heterocycles. The zero-order valence-corrected chi connectivity index (χ0v) is 11.2. The molecule has 1 N–H and O–H groups in total. The fourth-order valence-corrected chi connectivity index (χ4v) is 3.29. The van der Waals surface area contributed by atoms with Crippen LogP contribution in [0.5, 0.6) is 0 Å². The molecule has 0 radical (unpaired) electrons. The molecule has 3 fully saturated rings. The van der Waals surface area contributed by atoms with Gasteiger partial charge in [-0.15, -0.1) is 0 Å². The molecule has 102 valence electrons. The molecular weight excluding hydrogens is 240 g/mol. The summed E-state index contributed by atoms with van der Waals surface area (Å²) in [6.45, 7) is 0. The van der Waals surface area contributed by atoms with Crippen LogP contribution in [0.15, 0.2) is 10.6 Å². The van der Waals surface area contributed by atoms with E-state index in [4.69, 9.17) is 4.52 Å². The molecule has 0 unspecified atom stereocenters. The number of hydrogen-bond acceptors (Lipinski definition) is 3. The molecule has 0 saturated heterocycles. The van der Waals surface area contributed by atoms with Crippen LogP contribution in [0, 0.1) is 5.92 Å². The van der Waals surface area contributed by atoms with Crippen LogP contribution in [-0.4, -0.2) is 16.6 Å². The minimum atomic E-state index is 0.102. The second kappa shape index (κ2) is 4.09. The maximum absolute atomic E-state index is 12.1. The summed E-state index contributed by atoms with van der Waals surface area (Å²) >= 11 is 0. The van der Waals surface area contributed by atoms with Gasteiger partial charge in [0.15, 0.2) is 0 Å². The van der Waals surface area contributed by atoms with Crippen molar-refractivity contribution < 1.29 is 9.32 Å². The Morgan fingerprint density at radius 3 is 2.74 bits per heavy atom. The maximum atomic E-state index is 12.1. The molecule has 0 aliphatic heterocycles.